The molecule has 1 fully saturated rings. The van der Waals surface area contributed by atoms with Gasteiger partial charge in [0, 0.05) is 37.6 Å². The van der Waals surface area contributed by atoms with Gasteiger partial charge < -0.3 is 19.2 Å². The fourth-order valence-electron chi connectivity index (χ4n) is 3.98. The zero-order valence-electron chi connectivity index (χ0n) is 21.0. The number of rotatable bonds is 8. The van der Waals surface area contributed by atoms with Crippen LogP contribution in [-0.4, -0.2) is 45.0 Å². The number of nitrogens with zero attached hydrogens (tertiary/aromatic N) is 6. The summed E-state index contributed by atoms with van der Waals surface area (Å²) in [6.45, 7) is -0.0391. The van der Waals surface area contributed by atoms with E-state index < -0.39 is 26.2 Å². The molecule has 0 bridgehead atoms. The molecule has 39 heavy (non-hydrogen) atoms. The van der Waals surface area contributed by atoms with E-state index in [9.17, 15) is 18.0 Å². The maximum absolute atomic E-state index is 13.1. The predicted octanol–water partition coefficient (Wildman–Crippen LogP) is 1.37. The Balaban J connectivity index is 1.38. The fraction of sp³-hybridized carbons (Fsp3) is 0.280. The number of fused-ring (bicyclic) bond motifs is 1. The molecular formula is C25H23N7O5S2. The van der Waals surface area contributed by atoms with Gasteiger partial charge in [-0.25, -0.2) is 8.42 Å². The lowest BCUT2D eigenvalue weighted by Gasteiger charge is -2.16. The first-order valence-electron chi connectivity index (χ1n) is 11.8. The third-order valence-corrected chi connectivity index (χ3v) is 9.55. The van der Waals surface area contributed by atoms with Crippen LogP contribution >= 0.6 is 11.3 Å². The van der Waals surface area contributed by atoms with Crippen LogP contribution in [0.15, 0.2) is 57.3 Å². The van der Waals surface area contributed by atoms with E-state index in [1.54, 1.807) is 47.5 Å². The molecule has 12 nitrogen and oxygen atoms in total. The summed E-state index contributed by atoms with van der Waals surface area (Å²) in [7, 11) is -0.688. The number of amides is 1. The molecule has 5 rings (SSSR count). The maximum Gasteiger partial charge on any atom is 0.264 e. The molecule has 1 aliphatic rings. The van der Waals surface area contributed by atoms with Crippen LogP contribution in [0.1, 0.15) is 34.3 Å². The molecule has 1 aliphatic carbocycles. The Hall–Kier alpha value is -4.35. The van der Waals surface area contributed by atoms with Gasteiger partial charge >= 0.3 is 0 Å². The standard InChI is InChI=1S/C25H23N7O5S2/c1-31-9-10-38-24(31)30-39(35,36)25(7-8-25)15-37-22-20-18(14-28-29-22)11-19(23(34)32(20)2)21(33)27-13-17-5-3-16(12-26)4-6-17/h3-6,9-11,14H,7-8,13,15H2,1-2H3,(H,27,33)/b30-24+. The minimum absolute atomic E-state index is 0.0141. The zero-order valence-corrected chi connectivity index (χ0v) is 22.6. The number of benzene rings is 1. The minimum Gasteiger partial charge on any atom is -0.473 e. The fourth-order valence-corrected chi connectivity index (χ4v) is 6.40. The number of nitrogens with one attached hydrogen (secondary N) is 1. The van der Waals surface area contributed by atoms with E-state index in [0.29, 0.717) is 28.6 Å². The lowest BCUT2D eigenvalue weighted by Crippen LogP contribution is -2.33. The van der Waals surface area contributed by atoms with E-state index in [4.69, 9.17) is 10.00 Å². The van der Waals surface area contributed by atoms with Gasteiger partial charge in [0.15, 0.2) is 0 Å². The van der Waals surface area contributed by atoms with Gasteiger partial charge in [-0.3, -0.25) is 9.59 Å². The van der Waals surface area contributed by atoms with Crippen molar-refractivity contribution >= 4 is 38.2 Å². The molecule has 0 spiro atoms. The van der Waals surface area contributed by atoms with Crippen LogP contribution in [0.5, 0.6) is 5.88 Å². The number of hydrogen-bond acceptors (Lipinski definition) is 9. The lowest BCUT2D eigenvalue weighted by atomic mass is 10.1. The highest BCUT2D eigenvalue weighted by molar-refractivity contribution is 7.91. The van der Waals surface area contributed by atoms with Crippen LogP contribution in [0, 0.1) is 11.3 Å². The van der Waals surface area contributed by atoms with Gasteiger partial charge in [0.2, 0.25) is 4.80 Å². The highest BCUT2D eigenvalue weighted by Gasteiger charge is 2.56. The van der Waals surface area contributed by atoms with Crippen molar-refractivity contribution in [1.29, 1.82) is 5.26 Å². The molecule has 1 amide bonds. The molecule has 0 aliphatic heterocycles. The second kappa shape index (κ2) is 10.1. The molecular weight excluding hydrogens is 542 g/mol. The monoisotopic (exact) mass is 565 g/mol. The summed E-state index contributed by atoms with van der Waals surface area (Å²) in [5, 5.41) is 21.7. The zero-order chi connectivity index (χ0) is 27.8. The van der Waals surface area contributed by atoms with E-state index in [-0.39, 0.29) is 30.1 Å². The number of thiazole rings is 1. The number of sulfonamides is 1. The average molecular weight is 566 g/mol. The Morgan fingerprint density at radius 1 is 1.28 bits per heavy atom. The molecule has 3 aromatic heterocycles. The number of aryl methyl sites for hydroxylation is 2. The molecule has 1 N–H and O–H groups in total. The summed E-state index contributed by atoms with van der Waals surface area (Å²) in [5.74, 6) is -0.590. The van der Waals surface area contributed by atoms with Crippen molar-refractivity contribution in [3.05, 3.63) is 80.0 Å². The van der Waals surface area contributed by atoms with Crippen molar-refractivity contribution in [3.8, 4) is 11.9 Å². The van der Waals surface area contributed by atoms with Crippen molar-refractivity contribution in [2.45, 2.75) is 24.1 Å². The molecule has 200 valence electrons. The summed E-state index contributed by atoms with van der Waals surface area (Å²) >= 11 is 1.22. The van der Waals surface area contributed by atoms with Crippen LogP contribution in [0.25, 0.3) is 10.9 Å². The van der Waals surface area contributed by atoms with Crippen LogP contribution in [0.3, 0.4) is 0 Å². The number of nitriles is 1. The Kier molecular flexibility index (Phi) is 6.79. The Bertz CT molecular complexity index is 1860. The smallest absolute Gasteiger partial charge is 0.264 e. The third-order valence-electron chi connectivity index (χ3n) is 6.56. The van der Waals surface area contributed by atoms with E-state index >= 15 is 0 Å². The van der Waals surface area contributed by atoms with Gasteiger partial charge in [0.1, 0.15) is 22.4 Å². The van der Waals surface area contributed by atoms with Gasteiger partial charge in [0.05, 0.1) is 17.8 Å². The summed E-state index contributed by atoms with van der Waals surface area (Å²) < 4.78 is 37.6. The van der Waals surface area contributed by atoms with Gasteiger partial charge in [0.25, 0.3) is 27.4 Å². The van der Waals surface area contributed by atoms with E-state index in [1.165, 1.54) is 35.2 Å². The van der Waals surface area contributed by atoms with Crippen molar-refractivity contribution in [3.63, 3.8) is 0 Å². The molecule has 1 aromatic carbocycles. The second-order valence-corrected chi connectivity index (χ2v) is 12.1. The largest absolute Gasteiger partial charge is 0.473 e. The molecule has 3 heterocycles. The molecule has 0 radical (unpaired) electrons. The Labute approximate surface area is 226 Å². The van der Waals surface area contributed by atoms with Gasteiger partial charge in [-0.1, -0.05) is 12.1 Å². The number of ether oxygens (including phenoxy) is 1. The van der Waals surface area contributed by atoms with Crippen molar-refractivity contribution < 1.29 is 17.9 Å². The first-order valence-corrected chi connectivity index (χ1v) is 14.1. The van der Waals surface area contributed by atoms with Gasteiger partial charge in [-0.05, 0) is 36.6 Å². The average Bonchev–Trinajstić information content (AvgIpc) is 3.64. The van der Waals surface area contributed by atoms with Crippen LogP contribution < -0.4 is 20.4 Å². The summed E-state index contributed by atoms with van der Waals surface area (Å²) in [4.78, 5) is 26.3. The SMILES string of the molecule is Cn1ccs/c1=N/S(=O)(=O)C1(COc2nncc3cc(C(=O)NCc4ccc(C#N)cc4)c(=O)n(C)c23)CC1. The number of carbonyl (C=O) groups excluding carboxylic acids is 1. The number of carbonyl (C=O) groups is 1. The number of aromatic nitrogens is 4. The highest BCUT2D eigenvalue weighted by Crippen LogP contribution is 2.45. The first-order chi connectivity index (χ1) is 18.6. The minimum atomic E-state index is -3.88. The van der Waals surface area contributed by atoms with E-state index in [1.807, 2.05) is 6.07 Å². The maximum atomic E-state index is 13.1. The first kappa shape index (κ1) is 26.3. The normalized spacial score (nSPS) is 14.6. The third kappa shape index (κ3) is 5.06. The topological polar surface area (TPSA) is 161 Å². The predicted molar refractivity (Wildman–Crippen MR) is 142 cm³/mol. The highest BCUT2D eigenvalue weighted by atomic mass is 32.2. The molecule has 4 aromatic rings. The second-order valence-electron chi connectivity index (χ2n) is 9.20. The van der Waals surface area contributed by atoms with Crippen molar-refractivity contribution in [1.82, 2.24) is 24.6 Å². The van der Waals surface area contributed by atoms with E-state index in [2.05, 4.69) is 19.9 Å². The van der Waals surface area contributed by atoms with Gasteiger partial charge in [-0.2, -0.15) is 10.4 Å². The Morgan fingerprint density at radius 3 is 2.67 bits per heavy atom. The van der Waals surface area contributed by atoms with Crippen molar-refractivity contribution in [2.24, 2.45) is 18.5 Å². The summed E-state index contributed by atoms with van der Waals surface area (Å²) in [6, 6.07) is 10.2. The summed E-state index contributed by atoms with van der Waals surface area (Å²) in [5.41, 5.74) is 0.885. The Morgan fingerprint density at radius 2 is 2.03 bits per heavy atom. The van der Waals surface area contributed by atoms with Gasteiger partial charge in [-0.15, -0.1) is 20.8 Å². The molecule has 0 unspecified atom stereocenters. The van der Waals surface area contributed by atoms with Crippen molar-refractivity contribution in [2.75, 3.05) is 6.61 Å². The quantitative estimate of drug-likeness (QED) is 0.335. The van der Waals surface area contributed by atoms with Crippen LogP contribution in [0.2, 0.25) is 0 Å². The molecule has 0 saturated heterocycles. The number of pyridine rings is 1. The van der Waals surface area contributed by atoms with Crippen LogP contribution in [0.4, 0.5) is 0 Å². The van der Waals surface area contributed by atoms with E-state index in [0.717, 1.165) is 5.56 Å². The van der Waals surface area contributed by atoms with Crippen LogP contribution in [-0.2, 0) is 30.7 Å². The molecule has 1 saturated carbocycles. The molecule has 14 heteroatoms. The summed E-state index contributed by atoms with van der Waals surface area (Å²) in [6.07, 6.45) is 3.89. The number of hydrogen-bond donors (Lipinski definition) is 1. The molecule has 0 atom stereocenters. The lowest BCUT2D eigenvalue weighted by molar-refractivity contribution is 0.0949.